The molecule has 0 amide bonds. The molecule has 5 heterocycles. The first kappa shape index (κ1) is 96.6. The topological polar surface area (TPSA) is 430 Å². The standard InChI is InChI=1S/C81H150O27/c1-3-4-5-28-36-43-56(101-78-74(95)70(91)66(87)60(51-82)105-78)44-37-30-24-18-12-8-14-20-26-33-40-47-58(103-80-76(97)72(93)68(89)62(53-84)107-80)49-64(85)99-54-63-69(90)73(94)77(98)81(108-63)104-59-48-41-34-27-21-15-9-13-19-25-32-39-46-57(102-79-75(96)71(92)67(88)61(52-83)106-79)45-38-31-23-17-11-7-6-10-16-22-29-35-42-55(2)100-65(86)50-59/h55-63,66-84,87-98H,3-54H2,1-2H3/t55?,56?,57?,58?,59?,60-,61-,62-,63-,66-,67-,68-,69-,70+,71+,72+,73+,74-,75-,76-,77-,78-,79-,80-,81-/m1/s1. The third kappa shape index (κ3) is 36.9. The minimum atomic E-state index is -1.78. The smallest absolute Gasteiger partial charge is 0.308 e. The van der Waals surface area contributed by atoms with Gasteiger partial charge in [-0.1, -0.05) is 251 Å². The summed E-state index contributed by atoms with van der Waals surface area (Å²) in [5, 5.41) is 158. The zero-order valence-corrected chi connectivity index (χ0v) is 65.8. The molecular weight excluding hydrogens is 1400 g/mol. The van der Waals surface area contributed by atoms with E-state index in [0.29, 0.717) is 32.1 Å². The Morgan fingerprint density at radius 1 is 0.361 bits per heavy atom. The highest BCUT2D eigenvalue weighted by atomic mass is 16.7. The molecular formula is C81H150O27. The second-order valence-corrected chi connectivity index (χ2v) is 32.0. The lowest BCUT2D eigenvalue weighted by Crippen LogP contribution is -2.60. The SMILES string of the molecule is CCCCCCCC(CCCCCCCCCCCCCC(CC(=O)OC[C@H]1O[C@@H](OC2CCCCCCCCCCCCCC(O[C@@H]3O[C@H](CO)[C@@H](O)[C@H](O)[C@H]3O)CCCCCCCCCCCCCCC(C)OC(=O)C2)[C@H](O)[C@@H](O)[C@@H]1O)O[C@@H]1O[C@H](CO)[C@@H](O)[C@H](O)[C@H]1O)O[C@@H]1O[C@H](CO)[C@@H](O)[C@H](O)[C@H]1O. The molecule has 5 aliphatic rings. The normalized spacial score (nSPS) is 35.5. The molecule has 27 heteroatoms. The molecule has 0 aromatic rings. The van der Waals surface area contributed by atoms with Gasteiger partial charge in [-0.05, 0) is 58.3 Å². The van der Waals surface area contributed by atoms with Crippen molar-refractivity contribution in [1.82, 2.24) is 0 Å². The van der Waals surface area contributed by atoms with E-state index in [2.05, 4.69) is 6.92 Å². The zero-order valence-electron chi connectivity index (χ0n) is 65.8. The molecule has 0 aliphatic carbocycles. The Balaban J connectivity index is 1.08. The maximum atomic E-state index is 13.8. The van der Waals surface area contributed by atoms with Gasteiger partial charge in [0.05, 0.1) is 63.2 Å². The number of rotatable bonds is 35. The lowest BCUT2D eigenvalue weighted by molar-refractivity contribution is -0.314. The van der Waals surface area contributed by atoms with E-state index in [1.807, 2.05) is 6.92 Å². The third-order valence-corrected chi connectivity index (χ3v) is 22.7. The molecule has 0 saturated carbocycles. The van der Waals surface area contributed by atoms with Crippen LogP contribution in [0.2, 0.25) is 0 Å². The van der Waals surface area contributed by atoms with Crippen molar-refractivity contribution in [1.29, 1.82) is 0 Å². The van der Waals surface area contributed by atoms with Crippen molar-refractivity contribution in [3.05, 3.63) is 0 Å². The van der Waals surface area contributed by atoms with E-state index in [4.69, 9.17) is 47.4 Å². The minimum Gasteiger partial charge on any atom is -0.463 e. The van der Waals surface area contributed by atoms with Gasteiger partial charge in [0.2, 0.25) is 0 Å². The highest BCUT2D eigenvalue weighted by Crippen LogP contribution is 2.33. The van der Waals surface area contributed by atoms with Crippen LogP contribution >= 0.6 is 0 Å². The van der Waals surface area contributed by atoms with E-state index in [9.17, 15) is 86.2 Å². The Labute approximate surface area is 644 Å². The van der Waals surface area contributed by atoms with Crippen molar-refractivity contribution < 1.29 is 134 Å². The maximum Gasteiger partial charge on any atom is 0.308 e. The van der Waals surface area contributed by atoms with Crippen molar-refractivity contribution in [3.63, 3.8) is 0 Å². The van der Waals surface area contributed by atoms with Gasteiger partial charge in [-0.25, -0.2) is 0 Å². The van der Waals surface area contributed by atoms with Gasteiger partial charge in [0.1, 0.15) is 104 Å². The molecule has 0 spiro atoms. The molecule has 5 unspecified atom stereocenters. The van der Waals surface area contributed by atoms with Crippen molar-refractivity contribution in [2.75, 3.05) is 26.4 Å². The first-order valence-electron chi connectivity index (χ1n) is 42.8. The average molecular weight is 1560 g/mol. The molecule has 5 rings (SSSR count). The van der Waals surface area contributed by atoms with Gasteiger partial charge in [0.25, 0.3) is 0 Å². The number of hydrogen-bond donors (Lipinski definition) is 15. The molecule has 108 heavy (non-hydrogen) atoms. The fourth-order valence-electron chi connectivity index (χ4n) is 15.6. The molecule has 636 valence electrons. The summed E-state index contributed by atoms with van der Waals surface area (Å²) < 4.78 is 59.6. The van der Waals surface area contributed by atoms with Crippen LogP contribution in [-0.4, -0.2) is 268 Å². The summed E-state index contributed by atoms with van der Waals surface area (Å²) in [5.41, 5.74) is 0. The first-order chi connectivity index (χ1) is 52.2. The van der Waals surface area contributed by atoms with E-state index in [1.165, 1.54) is 19.3 Å². The molecule has 27 nitrogen and oxygen atoms in total. The number of cyclic esters (lactones) is 1. The second-order valence-electron chi connectivity index (χ2n) is 32.0. The second kappa shape index (κ2) is 57.1. The summed E-state index contributed by atoms with van der Waals surface area (Å²) in [6.07, 6.45) is 12.5. The van der Waals surface area contributed by atoms with Gasteiger partial charge >= 0.3 is 11.9 Å². The molecule has 15 N–H and O–H groups in total. The summed E-state index contributed by atoms with van der Waals surface area (Å²) in [6.45, 7) is 1.77. The van der Waals surface area contributed by atoms with Crippen LogP contribution in [0, 0.1) is 0 Å². The summed E-state index contributed by atoms with van der Waals surface area (Å²) in [7, 11) is 0. The van der Waals surface area contributed by atoms with E-state index >= 15 is 0 Å². The minimum absolute atomic E-state index is 0.152. The van der Waals surface area contributed by atoms with Crippen LogP contribution in [0.3, 0.4) is 0 Å². The summed E-state index contributed by atoms with van der Waals surface area (Å²) >= 11 is 0. The first-order valence-corrected chi connectivity index (χ1v) is 42.8. The number of hydrogen-bond acceptors (Lipinski definition) is 27. The Morgan fingerprint density at radius 3 is 1.05 bits per heavy atom. The van der Waals surface area contributed by atoms with Gasteiger partial charge in [-0.15, -0.1) is 0 Å². The molecule has 0 aromatic heterocycles. The Bertz CT molecular complexity index is 2220. The summed E-state index contributed by atoms with van der Waals surface area (Å²) in [6, 6.07) is 0. The van der Waals surface area contributed by atoms with Crippen molar-refractivity contribution in [2.45, 2.75) is 475 Å². The predicted molar refractivity (Wildman–Crippen MR) is 401 cm³/mol. The van der Waals surface area contributed by atoms with Crippen LogP contribution in [0.15, 0.2) is 0 Å². The van der Waals surface area contributed by atoms with Gasteiger partial charge in [-0.2, -0.15) is 0 Å². The molecule has 0 aromatic carbocycles. The van der Waals surface area contributed by atoms with Crippen LogP contribution in [0.1, 0.15) is 322 Å². The fraction of sp³-hybridized carbons (Fsp3) is 0.975. The number of carbonyl (C=O) groups is 2. The quantitative estimate of drug-likeness (QED) is 0.0211. The van der Waals surface area contributed by atoms with E-state index in [1.54, 1.807) is 0 Å². The number of aliphatic hydroxyl groups excluding tert-OH is 15. The number of carbonyl (C=O) groups excluding carboxylic acids is 2. The van der Waals surface area contributed by atoms with Crippen molar-refractivity contribution in [2.24, 2.45) is 0 Å². The monoisotopic (exact) mass is 1560 g/mol. The van der Waals surface area contributed by atoms with Crippen molar-refractivity contribution in [3.8, 4) is 0 Å². The van der Waals surface area contributed by atoms with Gasteiger partial charge in [-0.3, -0.25) is 9.59 Å². The lowest BCUT2D eigenvalue weighted by Gasteiger charge is -2.41. The third-order valence-electron chi connectivity index (χ3n) is 22.7. The Hall–Kier alpha value is -1.98. The van der Waals surface area contributed by atoms with Gasteiger partial charge < -0.3 is 124 Å². The Kier molecular flexibility index (Phi) is 51.1. The predicted octanol–water partition coefficient (Wildman–Crippen LogP) is 7.97. The summed E-state index contributed by atoms with van der Waals surface area (Å²) in [5.74, 6) is -1.27. The van der Waals surface area contributed by atoms with Crippen LogP contribution in [0.4, 0.5) is 0 Å². The molecule has 25 atom stereocenters. The highest BCUT2D eigenvalue weighted by Gasteiger charge is 2.49. The van der Waals surface area contributed by atoms with Crippen LogP contribution in [0.5, 0.6) is 0 Å². The fourth-order valence-corrected chi connectivity index (χ4v) is 15.6. The van der Waals surface area contributed by atoms with Crippen molar-refractivity contribution >= 4 is 11.9 Å². The van der Waals surface area contributed by atoms with Crippen LogP contribution in [0.25, 0.3) is 0 Å². The summed E-state index contributed by atoms with van der Waals surface area (Å²) in [4.78, 5) is 27.4. The largest absolute Gasteiger partial charge is 0.463 e. The Morgan fingerprint density at radius 2 is 0.657 bits per heavy atom. The van der Waals surface area contributed by atoms with Gasteiger partial charge in [0, 0.05) is 0 Å². The molecule has 5 fully saturated rings. The number of aliphatic hydroxyl groups is 15. The van der Waals surface area contributed by atoms with Crippen LogP contribution in [-0.2, 0) is 57.0 Å². The maximum absolute atomic E-state index is 13.8. The average Bonchev–Trinajstić information content (AvgIpc) is 0.835. The van der Waals surface area contributed by atoms with E-state index in [0.717, 1.165) is 244 Å². The molecule has 5 saturated heterocycles. The number of ether oxygens (including phenoxy) is 10. The van der Waals surface area contributed by atoms with E-state index in [-0.39, 0.29) is 31.2 Å². The number of esters is 2. The molecule has 0 radical (unpaired) electrons. The molecule has 5 aliphatic heterocycles. The zero-order chi connectivity index (χ0) is 78.4. The van der Waals surface area contributed by atoms with Gasteiger partial charge in [0.15, 0.2) is 25.2 Å². The molecule has 0 bridgehead atoms. The van der Waals surface area contributed by atoms with Crippen LogP contribution < -0.4 is 0 Å². The lowest BCUT2D eigenvalue weighted by atomic mass is 9.98. The highest BCUT2D eigenvalue weighted by molar-refractivity contribution is 5.70. The number of unbranched alkanes of at least 4 members (excludes halogenated alkanes) is 14. The van der Waals surface area contributed by atoms with E-state index < -0.39 is 173 Å².